The number of allylic oxidation sites excluding steroid dienone is 2. The molecule has 2 atom stereocenters. The van der Waals surface area contributed by atoms with Crippen molar-refractivity contribution in [3.63, 3.8) is 0 Å². The first-order valence-electron chi connectivity index (χ1n) is 5.30. The van der Waals surface area contributed by atoms with Crippen LogP contribution >= 0.6 is 0 Å². The van der Waals surface area contributed by atoms with Crippen molar-refractivity contribution in [2.75, 3.05) is 7.11 Å². The molecule has 0 amide bonds. The molecule has 0 aliphatic heterocycles. The van der Waals surface area contributed by atoms with Crippen LogP contribution in [0.3, 0.4) is 0 Å². The molecule has 3 nitrogen and oxygen atoms in total. The van der Waals surface area contributed by atoms with Crippen LogP contribution < -0.4 is 0 Å². The van der Waals surface area contributed by atoms with Crippen molar-refractivity contribution >= 4 is 11.6 Å². The molecule has 3 heteroatoms. The molecule has 0 aromatic carbocycles. The highest BCUT2D eigenvalue weighted by Gasteiger charge is 2.50. The molecule has 15 heavy (non-hydrogen) atoms. The SMILES string of the molecule is COC1=CC(=O)C2CCC(C)(C)[C@H]1C2=O. The fraction of sp³-hybridized carbons (Fsp3) is 0.667. The first kappa shape index (κ1) is 10.4. The van der Waals surface area contributed by atoms with Crippen LogP contribution in [0.1, 0.15) is 26.7 Å². The zero-order chi connectivity index (χ0) is 11.2. The highest BCUT2D eigenvalue weighted by atomic mass is 16.5. The van der Waals surface area contributed by atoms with Crippen LogP contribution in [0.15, 0.2) is 11.8 Å². The van der Waals surface area contributed by atoms with Crippen LogP contribution in [0.2, 0.25) is 0 Å². The number of ether oxygens (including phenoxy) is 1. The Balaban J connectivity index is 2.48. The van der Waals surface area contributed by atoms with E-state index in [9.17, 15) is 9.59 Å². The van der Waals surface area contributed by atoms with E-state index in [4.69, 9.17) is 4.74 Å². The maximum Gasteiger partial charge on any atom is 0.169 e. The molecule has 0 N–H and O–H groups in total. The van der Waals surface area contributed by atoms with Gasteiger partial charge in [-0.05, 0) is 18.3 Å². The fourth-order valence-electron chi connectivity index (χ4n) is 2.70. The maximum absolute atomic E-state index is 12.1. The van der Waals surface area contributed by atoms with E-state index < -0.39 is 5.92 Å². The van der Waals surface area contributed by atoms with Gasteiger partial charge in [-0.1, -0.05) is 13.8 Å². The molecular weight excluding hydrogens is 192 g/mol. The Labute approximate surface area is 89.5 Å². The van der Waals surface area contributed by atoms with Crippen LogP contribution in [0.4, 0.5) is 0 Å². The molecule has 1 unspecified atom stereocenters. The van der Waals surface area contributed by atoms with Crippen LogP contribution in [-0.2, 0) is 14.3 Å². The summed E-state index contributed by atoms with van der Waals surface area (Å²) in [5.74, 6) is -0.106. The monoisotopic (exact) mass is 208 g/mol. The molecule has 0 heterocycles. The third-order valence-electron chi connectivity index (χ3n) is 3.63. The molecule has 0 saturated heterocycles. The van der Waals surface area contributed by atoms with Crippen LogP contribution in [0.5, 0.6) is 0 Å². The van der Waals surface area contributed by atoms with E-state index in [0.29, 0.717) is 12.2 Å². The number of carbonyl (C=O) groups excluding carboxylic acids is 2. The predicted octanol–water partition coefficient (Wildman–Crippen LogP) is 1.72. The zero-order valence-electron chi connectivity index (χ0n) is 9.37. The number of rotatable bonds is 1. The van der Waals surface area contributed by atoms with E-state index in [-0.39, 0.29) is 22.9 Å². The number of methoxy groups -OCH3 is 1. The Morgan fingerprint density at radius 1 is 1.40 bits per heavy atom. The van der Waals surface area contributed by atoms with E-state index in [1.807, 2.05) is 0 Å². The molecule has 2 bridgehead atoms. The molecule has 1 fully saturated rings. The average molecular weight is 208 g/mol. The summed E-state index contributed by atoms with van der Waals surface area (Å²) in [7, 11) is 1.53. The number of fused-ring (bicyclic) bond motifs is 2. The predicted molar refractivity (Wildman–Crippen MR) is 55.1 cm³/mol. The van der Waals surface area contributed by atoms with Gasteiger partial charge in [-0.25, -0.2) is 0 Å². The van der Waals surface area contributed by atoms with Crippen molar-refractivity contribution in [2.45, 2.75) is 26.7 Å². The van der Waals surface area contributed by atoms with E-state index in [2.05, 4.69) is 13.8 Å². The van der Waals surface area contributed by atoms with E-state index in [1.54, 1.807) is 0 Å². The van der Waals surface area contributed by atoms with Gasteiger partial charge in [0.2, 0.25) is 0 Å². The smallest absolute Gasteiger partial charge is 0.169 e. The number of Topliss-reactive ketones (excluding diaryl/α,β-unsaturated/α-hetero) is 1. The van der Waals surface area contributed by atoms with Gasteiger partial charge < -0.3 is 4.74 Å². The topological polar surface area (TPSA) is 43.4 Å². The Hall–Kier alpha value is -1.12. The molecule has 1 saturated carbocycles. The first-order chi connectivity index (χ1) is 6.97. The molecule has 2 rings (SSSR count). The summed E-state index contributed by atoms with van der Waals surface area (Å²) < 4.78 is 5.17. The zero-order valence-corrected chi connectivity index (χ0v) is 9.37. The third-order valence-corrected chi connectivity index (χ3v) is 3.63. The Kier molecular flexibility index (Phi) is 2.21. The summed E-state index contributed by atoms with van der Waals surface area (Å²) in [5, 5.41) is 0. The quantitative estimate of drug-likeness (QED) is 0.616. The highest BCUT2D eigenvalue weighted by Crippen LogP contribution is 2.47. The van der Waals surface area contributed by atoms with E-state index in [1.165, 1.54) is 13.2 Å². The summed E-state index contributed by atoms with van der Waals surface area (Å²) in [6.07, 6.45) is 3.10. The molecule has 0 radical (unpaired) electrons. The number of hydrogen-bond acceptors (Lipinski definition) is 3. The van der Waals surface area contributed by atoms with Gasteiger partial charge in [0.15, 0.2) is 11.6 Å². The van der Waals surface area contributed by atoms with Gasteiger partial charge in [-0.15, -0.1) is 0 Å². The van der Waals surface area contributed by atoms with Crippen molar-refractivity contribution in [2.24, 2.45) is 17.3 Å². The fourth-order valence-corrected chi connectivity index (χ4v) is 2.70. The minimum absolute atomic E-state index is 0.0515. The van der Waals surface area contributed by atoms with Crippen molar-refractivity contribution < 1.29 is 14.3 Å². The summed E-state index contributed by atoms with van der Waals surface area (Å²) in [4.78, 5) is 23.7. The van der Waals surface area contributed by atoms with Crippen molar-refractivity contribution in [3.8, 4) is 0 Å². The van der Waals surface area contributed by atoms with E-state index >= 15 is 0 Å². The molecular formula is C12H16O3. The van der Waals surface area contributed by atoms with Gasteiger partial charge in [0.25, 0.3) is 0 Å². The van der Waals surface area contributed by atoms with Gasteiger partial charge in [-0.2, -0.15) is 0 Å². The van der Waals surface area contributed by atoms with Gasteiger partial charge in [0, 0.05) is 6.08 Å². The lowest BCUT2D eigenvalue weighted by Gasteiger charge is -2.42. The molecule has 0 spiro atoms. The van der Waals surface area contributed by atoms with Crippen molar-refractivity contribution in [1.29, 1.82) is 0 Å². The van der Waals surface area contributed by atoms with E-state index in [0.717, 1.165) is 6.42 Å². The first-order valence-corrected chi connectivity index (χ1v) is 5.30. The molecule has 0 aromatic heterocycles. The Morgan fingerprint density at radius 3 is 2.67 bits per heavy atom. The van der Waals surface area contributed by atoms with Crippen LogP contribution in [-0.4, -0.2) is 18.7 Å². The second-order valence-electron chi connectivity index (χ2n) is 5.07. The molecule has 2 aliphatic carbocycles. The summed E-state index contributed by atoms with van der Waals surface area (Å²) in [5.41, 5.74) is -0.0872. The second-order valence-corrected chi connectivity index (χ2v) is 5.07. The summed E-state index contributed by atoms with van der Waals surface area (Å²) >= 11 is 0. The second kappa shape index (κ2) is 3.19. The van der Waals surface area contributed by atoms with Gasteiger partial charge >= 0.3 is 0 Å². The van der Waals surface area contributed by atoms with Gasteiger partial charge in [-0.3, -0.25) is 9.59 Å². The number of ketones is 2. The standard InChI is InChI=1S/C12H16O3/c1-12(2)5-4-7-8(13)6-9(15-3)10(12)11(7)14/h6-7,10H,4-5H2,1-3H3/t7?,10-/m1/s1. The van der Waals surface area contributed by atoms with Gasteiger partial charge in [0.1, 0.15) is 5.76 Å². The van der Waals surface area contributed by atoms with Crippen molar-refractivity contribution in [3.05, 3.63) is 11.8 Å². The van der Waals surface area contributed by atoms with Crippen LogP contribution in [0, 0.1) is 17.3 Å². The average Bonchev–Trinajstić information content (AvgIpc) is 2.13. The van der Waals surface area contributed by atoms with Crippen molar-refractivity contribution in [1.82, 2.24) is 0 Å². The Bertz CT molecular complexity index is 352. The minimum Gasteiger partial charge on any atom is -0.500 e. The summed E-state index contributed by atoms with van der Waals surface area (Å²) in [6, 6.07) is 0. The normalized spacial score (nSPS) is 33.7. The lowest BCUT2D eigenvalue weighted by atomic mass is 9.61. The lowest BCUT2D eigenvalue weighted by molar-refractivity contribution is -0.141. The van der Waals surface area contributed by atoms with Gasteiger partial charge in [0.05, 0.1) is 18.9 Å². The molecule has 2 aliphatic rings. The third kappa shape index (κ3) is 1.41. The minimum atomic E-state index is -0.401. The van der Waals surface area contributed by atoms with Crippen LogP contribution in [0.25, 0.3) is 0 Å². The lowest BCUT2D eigenvalue weighted by Crippen LogP contribution is -2.47. The maximum atomic E-state index is 12.1. The molecule has 82 valence electrons. The Morgan fingerprint density at radius 2 is 2.07 bits per heavy atom. The highest BCUT2D eigenvalue weighted by molar-refractivity contribution is 6.12. The largest absolute Gasteiger partial charge is 0.500 e. The molecule has 0 aromatic rings. The number of hydrogen-bond donors (Lipinski definition) is 0. The summed E-state index contributed by atoms with van der Waals surface area (Å²) in [6.45, 7) is 4.13. The number of carbonyl (C=O) groups is 2.